The second kappa shape index (κ2) is 44.6. The Balaban J connectivity index is 3.11. The Bertz CT molecular complexity index is 2070. The molecule has 0 aliphatic heterocycles. The van der Waals surface area contributed by atoms with Crippen LogP contribution in [0.1, 0.15) is 202 Å². The second-order valence-corrected chi connectivity index (χ2v) is 21.3. The predicted molar refractivity (Wildman–Crippen MR) is 313 cm³/mol. The first kappa shape index (κ1) is 72.9. The van der Waals surface area contributed by atoms with Crippen molar-refractivity contribution in [3.63, 3.8) is 0 Å². The van der Waals surface area contributed by atoms with E-state index in [-0.39, 0.29) is 56.3 Å². The molecule has 0 aliphatic rings. The highest BCUT2D eigenvalue weighted by Gasteiger charge is 2.34. The van der Waals surface area contributed by atoms with Crippen molar-refractivity contribution in [2.75, 3.05) is 26.3 Å². The molecule has 0 spiro atoms. The Morgan fingerprint density at radius 1 is 0.580 bits per heavy atom. The zero-order valence-electron chi connectivity index (χ0n) is 49.8. The van der Waals surface area contributed by atoms with E-state index in [1.807, 2.05) is 20.8 Å². The number of carbonyl (C=O) groups is 9. The molecule has 1 aromatic rings. The van der Waals surface area contributed by atoms with Gasteiger partial charge in [-0.1, -0.05) is 130 Å². The molecule has 0 unspecified atom stereocenters. The lowest BCUT2D eigenvalue weighted by Gasteiger charge is -2.27. The average Bonchev–Trinajstić information content (AvgIpc) is 3.98. The minimum absolute atomic E-state index is 0.0579. The number of hydrogen-bond donors (Lipinski definition) is 12. The average molecular weight is 1140 g/mol. The maximum absolute atomic E-state index is 14.0. The molecule has 23 nitrogen and oxygen atoms in total. The van der Waals surface area contributed by atoms with Crippen molar-refractivity contribution in [1.82, 2.24) is 52.5 Å². The summed E-state index contributed by atoms with van der Waals surface area (Å²) >= 11 is 0. The number of aromatic nitrogens is 2. The molecule has 81 heavy (non-hydrogen) atoms. The fourth-order valence-electron chi connectivity index (χ4n) is 8.93. The molecular formula is C58H102N12O11. The van der Waals surface area contributed by atoms with Gasteiger partial charge in [-0.2, -0.15) is 0 Å². The van der Waals surface area contributed by atoms with Crippen LogP contribution in [-0.4, -0.2) is 148 Å². The number of nitrogens with two attached hydrogens (primary N) is 1. The molecule has 1 heterocycles. The molecule has 7 atom stereocenters. The van der Waals surface area contributed by atoms with Gasteiger partial charge in [-0.3, -0.25) is 48.1 Å². The largest absolute Gasteiger partial charge is 0.394 e. The molecule has 0 saturated carbocycles. The fourth-order valence-corrected chi connectivity index (χ4v) is 8.93. The van der Waals surface area contributed by atoms with Gasteiger partial charge in [0.05, 0.1) is 32.1 Å². The zero-order chi connectivity index (χ0) is 60.4. The van der Waals surface area contributed by atoms with Crippen molar-refractivity contribution in [2.24, 2.45) is 16.6 Å². The fraction of sp³-hybridized carbons (Fsp3) is 0.741. The van der Waals surface area contributed by atoms with Crippen molar-refractivity contribution < 1.29 is 53.4 Å². The summed E-state index contributed by atoms with van der Waals surface area (Å²) in [5.74, 6) is -6.47. The first-order chi connectivity index (χ1) is 38.9. The third kappa shape index (κ3) is 32.8. The summed E-state index contributed by atoms with van der Waals surface area (Å²) < 4.78 is 0. The Kier molecular flexibility index (Phi) is 40.1. The van der Waals surface area contributed by atoms with E-state index in [4.69, 9.17) is 5.73 Å². The summed E-state index contributed by atoms with van der Waals surface area (Å²) in [4.78, 5) is 132. The Morgan fingerprint density at radius 3 is 1.53 bits per heavy atom. The maximum atomic E-state index is 14.0. The number of carbonyl (C=O) groups excluding carboxylic acids is 9. The number of nitrogens with zero attached hydrogens (tertiary/aromatic N) is 2. The molecule has 8 amide bonds. The van der Waals surface area contributed by atoms with E-state index in [9.17, 15) is 53.4 Å². The summed E-state index contributed by atoms with van der Waals surface area (Å²) in [5, 5.41) is 41.5. The normalized spacial score (nSPS) is 14.2. The quantitative estimate of drug-likeness (QED) is 0.0328. The van der Waals surface area contributed by atoms with Crippen LogP contribution in [0.3, 0.4) is 0 Å². The van der Waals surface area contributed by atoms with E-state index in [2.05, 4.69) is 64.4 Å². The van der Waals surface area contributed by atoms with Crippen LogP contribution in [0.5, 0.6) is 0 Å². The van der Waals surface area contributed by atoms with Gasteiger partial charge in [0.15, 0.2) is 5.78 Å². The molecule has 0 fully saturated rings. The topological polar surface area (TPSA) is 357 Å². The van der Waals surface area contributed by atoms with Crippen molar-refractivity contribution in [2.45, 2.75) is 245 Å². The summed E-state index contributed by atoms with van der Waals surface area (Å²) in [6, 6.07) is -9.07. The Labute approximate surface area is 481 Å². The van der Waals surface area contributed by atoms with Crippen LogP contribution in [-0.2, 0) is 49.6 Å². The standard InChI is InChI=1S/C58H102N12O11/c1-8-12-14-15-16-17-18-19-20-21-22-23-25-30-51(74)64-45(28-24-13-9-2)54(77)67-47(32-40(5)6)55(78)69-50(38-72)58(81)68-48(34-43-35-60-39-63-43)56(79)70-49(37-71)57(80)66-44(29-26-27-31-59)53(76)62-36-52(75)65-46(41(7)73)33-42(10-3)61-11-4/h10-11,35,39-40,44-50,71-72H,8-9,12-34,36-38,59H2,1-7H3,(H,60,63)(H,62,76)(H,64,74)(H,65,75)(H,66,80)(H,67,77)(H,68,81)(H,69,78)(H,70,79)/b42-10-,61-11-/t44-,45-,46-,47-,48-,49-,50-/m0/s1. The summed E-state index contributed by atoms with van der Waals surface area (Å²) in [6.45, 7) is 10.6. The number of aliphatic hydroxyl groups excluding tert-OH is 2. The molecular weight excluding hydrogens is 1040 g/mol. The van der Waals surface area contributed by atoms with Crippen LogP contribution in [0, 0.1) is 5.92 Å². The van der Waals surface area contributed by atoms with Gasteiger partial charge in [0.1, 0.15) is 36.3 Å². The van der Waals surface area contributed by atoms with Gasteiger partial charge in [-0.05, 0) is 71.8 Å². The van der Waals surface area contributed by atoms with Crippen LogP contribution in [0.2, 0.25) is 0 Å². The number of ketones is 1. The number of aromatic amines is 1. The molecule has 0 bridgehead atoms. The smallest absolute Gasteiger partial charge is 0.245 e. The third-order valence-corrected chi connectivity index (χ3v) is 13.7. The van der Waals surface area contributed by atoms with E-state index in [1.54, 1.807) is 26.1 Å². The SMILES string of the molecule is C/C=N\C(=C/C)C[C@H](NC(=O)CNC(=O)[C@H](CCCCN)NC(=O)[C@H](CO)NC(=O)[C@H](Cc1cnc[nH]1)NC(=O)[C@H](CO)NC(=O)[C@H](CC(C)C)NC(=O)[C@H](CCCCC)NC(=O)CCCCCCCCCCCCCCC)C(C)=O. The minimum atomic E-state index is -1.67. The third-order valence-electron chi connectivity index (χ3n) is 13.7. The van der Waals surface area contributed by atoms with Gasteiger partial charge in [-0.25, -0.2) is 4.98 Å². The molecule has 13 N–H and O–H groups in total. The summed E-state index contributed by atoms with van der Waals surface area (Å²) in [7, 11) is 0. The molecule has 0 aliphatic carbocycles. The lowest BCUT2D eigenvalue weighted by molar-refractivity contribution is -0.136. The number of rotatable bonds is 47. The molecule has 23 heteroatoms. The van der Waals surface area contributed by atoms with E-state index < -0.39 is 103 Å². The first-order valence-electron chi connectivity index (χ1n) is 29.8. The number of aliphatic hydroxyl groups is 2. The van der Waals surface area contributed by atoms with Crippen molar-refractivity contribution in [3.8, 4) is 0 Å². The monoisotopic (exact) mass is 1140 g/mol. The lowest BCUT2D eigenvalue weighted by atomic mass is 10.0. The summed E-state index contributed by atoms with van der Waals surface area (Å²) in [5.41, 5.74) is 6.61. The molecule has 0 radical (unpaired) electrons. The van der Waals surface area contributed by atoms with E-state index >= 15 is 0 Å². The van der Waals surface area contributed by atoms with E-state index in [0.29, 0.717) is 43.5 Å². The van der Waals surface area contributed by atoms with Gasteiger partial charge < -0.3 is 63.5 Å². The number of unbranched alkanes of at least 4 members (excludes halogenated alkanes) is 15. The number of hydrogen-bond acceptors (Lipinski definition) is 14. The summed E-state index contributed by atoms with van der Waals surface area (Å²) in [6.07, 6.45) is 25.1. The highest BCUT2D eigenvalue weighted by molar-refractivity contribution is 5.98. The van der Waals surface area contributed by atoms with E-state index in [1.165, 1.54) is 77.2 Å². The van der Waals surface area contributed by atoms with Gasteiger partial charge in [0.25, 0.3) is 0 Å². The minimum Gasteiger partial charge on any atom is -0.394 e. The molecule has 0 aromatic carbocycles. The van der Waals surface area contributed by atoms with Gasteiger partial charge in [0, 0.05) is 43.1 Å². The molecule has 1 rings (SSSR count). The van der Waals surface area contributed by atoms with Gasteiger partial charge >= 0.3 is 0 Å². The number of Topliss-reactive ketones (excluding diaryl/α,β-unsaturated/α-hetero) is 1. The first-order valence-corrected chi connectivity index (χ1v) is 29.8. The number of nitrogens with one attached hydrogen (secondary N) is 9. The van der Waals surface area contributed by atoms with Crippen LogP contribution in [0.15, 0.2) is 29.3 Å². The second-order valence-electron chi connectivity index (χ2n) is 21.3. The molecule has 460 valence electrons. The maximum Gasteiger partial charge on any atom is 0.245 e. The number of imidazole rings is 1. The highest BCUT2D eigenvalue weighted by atomic mass is 16.3. The van der Waals surface area contributed by atoms with Crippen LogP contribution >= 0.6 is 0 Å². The predicted octanol–water partition coefficient (Wildman–Crippen LogP) is 3.66. The zero-order valence-corrected chi connectivity index (χ0v) is 49.8. The van der Waals surface area contributed by atoms with Crippen molar-refractivity contribution in [3.05, 3.63) is 30.0 Å². The van der Waals surface area contributed by atoms with Crippen LogP contribution < -0.4 is 48.3 Å². The van der Waals surface area contributed by atoms with Gasteiger partial charge in [-0.15, -0.1) is 0 Å². The van der Waals surface area contributed by atoms with Crippen molar-refractivity contribution >= 4 is 59.3 Å². The molecule has 0 saturated heterocycles. The Morgan fingerprint density at radius 2 is 1.04 bits per heavy atom. The highest BCUT2D eigenvalue weighted by Crippen LogP contribution is 2.15. The van der Waals surface area contributed by atoms with Crippen molar-refractivity contribution in [1.29, 1.82) is 0 Å². The lowest BCUT2D eigenvalue weighted by Crippen LogP contribution is -2.61. The Hall–Kier alpha value is -6.07. The molecule has 1 aromatic heterocycles. The number of H-pyrrole nitrogens is 1. The van der Waals surface area contributed by atoms with Crippen LogP contribution in [0.25, 0.3) is 0 Å². The van der Waals surface area contributed by atoms with E-state index in [0.717, 1.165) is 32.1 Å². The number of aliphatic imine (C=N–C) groups is 1. The number of amides is 8. The van der Waals surface area contributed by atoms with Gasteiger partial charge in [0.2, 0.25) is 47.3 Å². The van der Waals surface area contributed by atoms with Crippen LogP contribution in [0.4, 0.5) is 0 Å². The number of allylic oxidation sites excluding steroid dienone is 1.